The van der Waals surface area contributed by atoms with Crippen molar-refractivity contribution in [3.05, 3.63) is 72.6 Å². The molecule has 1 atom stereocenters. The molecule has 0 spiro atoms. The normalized spacial score (nSPS) is 16.8. The SMILES string of the molecule is Cn1cnnc1-c1cccc(N2C(c3ccccc3)=CC=NC2O)c1. The zero-order valence-electron chi connectivity index (χ0n) is 13.7. The maximum atomic E-state index is 10.5. The standard InChI is InChI=1S/C19H17N5O/c1-23-13-21-22-18(23)15-8-5-9-16(12-15)24-17(10-11-20-19(24)25)14-6-3-2-4-7-14/h2-13,19,25H,1H3. The van der Waals surface area contributed by atoms with Gasteiger partial charge in [0.2, 0.25) is 6.35 Å². The monoisotopic (exact) mass is 331 g/mol. The molecule has 0 saturated carbocycles. The molecule has 3 aromatic rings. The third-order valence-electron chi connectivity index (χ3n) is 4.11. The van der Waals surface area contributed by atoms with E-state index in [2.05, 4.69) is 15.2 Å². The number of aryl methyl sites for hydroxylation is 1. The van der Waals surface area contributed by atoms with Gasteiger partial charge in [-0.05, 0) is 23.8 Å². The molecule has 124 valence electrons. The van der Waals surface area contributed by atoms with Crippen molar-refractivity contribution < 1.29 is 5.11 Å². The fourth-order valence-corrected chi connectivity index (χ4v) is 2.92. The number of hydrogen-bond donors (Lipinski definition) is 1. The minimum absolute atomic E-state index is 0.766. The number of allylic oxidation sites excluding steroid dienone is 1. The summed E-state index contributed by atoms with van der Waals surface area (Å²) in [6.07, 6.45) is 4.22. The molecule has 2 aromatic carbocycles. The lowest BCUT2D eigenvalue weighted by Gasteiger charge is -2.32. The largest absolute Gasteiger partial charge is 0.355 e. The number of hydrogen-bond acceptors (Lipinski definition) is 5. The highest BCUT2D eigenvalue weighted by Gasteiger charge is 2.23. The van der Waals surface area contributed by atoms with Crippen LogP contribution in [0, 0.1) is 0 Å². The Balaban J connectivity index is 1.78. The molecule has 0 fully saturated rings. The van der Waals surface area contributed by atoms with Crippen molar-refractivity contribution in [1.82, 2.24) is 14.8 Å². The summed E-state index contributed by atoms with van der Waals surface area (Å²) in [5.41, 5.74) is 3.65. The Kier molecular flexibility index (Phi) is 3.87. The number of aliphatic imine (C=N–C) groups is 1. The summed E-state index contributed by atoms with van der Waals surface area (Å²) in [6, 6.07) is 17.8. The zero-order valence-corrected chi connectivity index (χ0v) is 13.7. The van der Waals surface area contributed by atoms with Gasteiger partial charge in [0.1, 0.15) is 6.33 Å². The quantitative estimate of drug-likeness (QED) is 0.801. The van der Waals surface area contributed by atoms with Crippen LogP contribution >= 0.6 is 0 Å². The summed E-state index contributed by atoms with van der Waals surface area (Å²) in [6.45, 7) is 0. The van der Waals surface area contributed by atoms with Crippen molar-refractivity contribution in [1.29, 1.82) is 0 Å². The van der Waals surface area contributed by atoms with Gasteiger partial charge >= 0.3 is 0 Å². The summed E-state index contributed by atoms with van der Waals surface area (Å²) in [5, 5.41) is 18.6. The first-order valence-corrected chi connectivity index (χ1v) is 7.94. The molecular formula is C19H17N5O. The maximum absolute atomic E-state index is 10.5. The molecule has 0 bridgehead atoms. The van der Waals surface area contributed by atoms with Gasteiger partial charge in [-0.3, -0.25) is 4.90 Å². The first kappa shape index (κ1) is 15.3. The van der Waals surface area contributed by atoms with E-state index in [-0.39, 0.29) is 0 Å². The Bertz CT molecular complexity index is 945. The molecule has 6 heteroatoms. The predicted molar refractivity (Wildman–Crippen MR) is 97.8 cm³/mol. The van der Waals surface area contributed by atoms with Gasteiger partial charge in [0.25, 0.3) is 0 Å². The van der Waals surface area contributed by atoms with E-state index in [1.165, 1.54) is 0 Å². The molecule has 1 aromatic heterocycles. The van der Waals surface area contributed by atoms with E-state index < -0.39 is 6.35 Å². The lowest BCUT2D eigenvalue weighted by atomic mass is 10.1. The lowest BCUT2D eigenvalue weighted by Crippen LogP contribution is -2.34. The van der Waals surface area contributed by atoms with Crippen molar-refractivity contribution in [3.63, 3.8) is 0 Å². The van der Waals surface area contributed by atoms with Gasteiger partial charge in [0.05, 0.1) is 5.70 Å². The maximum Gasteiger partial charge on any atom is 0.229 e. The van der Waals surface area contributed by atoms with Crippen LogP contribution in [0.5, 0.6) is 0 Å². The van der Waals surface area contributed by atoms with Crippen LogP contribution in [0.3, 0.4) is 0 Å². The Morgan fingerprint density at radius 3 is 2.56 bits per heavy atom. The van der Waals surface area contributed by atoms with E-state index in [9.17, 15) is 5.11 Å². The van der Waals surface area contributed by atoms with E-state index in [1.54, 1.807) is 17.4 Å². The number of aromatic nitrogens is 3. The van der Waals surface area contributed by atoms with Crippen molar-refractivity contribution >= 4 is 17.6 Å². The second kappa shape index (κ2) is 6.33. The van der Waals surface area contributed by atoms with Gasteiger partial charge in [0.15, 0.2) is 5.82 Å². The van der Waals surface area contributed by atoms with E-state index in [0.29, 0.717) is 0 Å². The molecule has 1 N–H and O–H groups in total. The summed E-state index contributed by atoms with van der Waals surface area (Å²) >= 11 is 0. The minimum Gasteiger partial charge on any atom is -0.355 e. The lowest BCUT2D eigenvalue weighted by molar-refractivity contribution is 0.192. The van der Waals surface area contributed by atoms with Crippen molar-refractivity contribution in [3.8, 4) is 11.4 Å². The van der Waals surface area contributed by atoms with E-state index >= 15 is 0 Å². The molecule has 6 nitrogen and oxygen atoms in total. The Labute approximate surface area is 145 Å². The highest BCUT2D eigenvalue weighted by Crippen LogP contribution is 2.32. The fourth-order valence-electron chi connectivity index (χ4n) is 2.92. The summed E-state index contributed by atoms with van der Waals surface area (Å²) in [4.78, 5) is 5.92. The van der Waals surface area contributed by atoms with Crippen LogP contribution in [0.15, 0.2) is 72.0 Å². The summed E-state index contributed by atoms with van der Waals surface area (Å²) in [7, 11) is 1.90. The van der Waals surface area contributed by atoms with E-state index in [0.717, 1.165) is 28.3 Å². The third-order valence-corrected chi connectivity index (χ3v) is 4.11. The van der Waals surface area contributed by atoms with E-state index in [4.69, 9.17) is 0 Å². The Morgan fingerprint density at radius 2 is 1.80 bits per heavy atom. The van der Waals surface area contributed by atoms with Gasteiger partial charge in [-0.1, -0.05) is 42.5 Å². The molecule has 1 aliphatic rings. The number of aliphatic hydroxyl groups is 1. The van der Waals surface area contributed by atoms with Gasteiger partial charge in [0, 0.05) is 24.5 Å². The minimum atomic E-state index is -0.977. The summed E-state index contributed by atoms with van der Waals surface area (Å²) < 4.78 is 1.86. The molecule has 1 unspecified atom stereocenters. The molecule has 0 aliphatic carbocycles. The van der Waals surface area contributed by atoms with Crippen LogP contribution in [-0.4, -0.2) is 32.4 Å². The third kappa shape index (κ3) is 2.83. The van der Waals surface area contributed by atoms with Gasteiger partial charge < -0.3 is 9.67 Å². The van der Waals surface area contributed by atoms with Crippen LogP contribution in [0.2, 0.25) is 0 Å². The fraction of sp³-hybridized carbons (Fsp3) is 0.105. The van der Waals surface area contributed by atoms with Gasteiger partial charge in [-0.25, -0.2) is 4.99 Å². The summed E-state index contributed by atoms with van der Waals surface area (Å²) in [5.74, 6) is 0.766. The molecule has 25 heavy (non-hydrogen) atoms. The topological polar surface area (TPSA) is 66.5 Å². The van der Waals surface area contributed by atoms with Crippen LogP contribution in [0.1, 0.15) is 5.56 Å². The second-order valence-corrected chi connectivity index (χ2v) is 5.75. The number of benzene rings is 2. The first-order valence-electron chi connectivity index (χ1n) is 7.94. The molecular weight excluding hydrogens is 314 g/mol. The Morgan fingerprint density at radius 1 is 1.00 bits per heavy atom. The smallest absolute Gasteiger partial charge is 0.229 e. The number of nitrogens with zero attached hydrogens (tertiary/aromatic N) is 5. The van der Waals surface area contributed by atoms with Gasteiger partial charge in [-0.15, -0.1) is 10.2 Å². The van der Waals surface area contributed by atoms with Crippen LogP contribution in [0.25, 0.3) is 17.1 Å². The Hall–Kier alpha value is -3.25. The molecule has 4 rings (SSSR count). The van der Waals surface area contributed by atoms with Crippen molar-refractivity contribution in [2.24, 2.45) is 12.0 Å². The van der Waals surface area contributed by atoms with Crippen molar-refractivity contribution in [2.45, 2.75) is 6.35 Å². The van der Waals surface area contributed by atoms with Crippen LogP contribution < -0.4 is 4.90 Å². The van der Waals surface area contributed by atoms with Crippen LogP contribution in [0.4, 0.5) is 5.69 Å². The highest BCUT2D eigenvalue weighted by atomic mass is 16.3. The first-order chi connectivity index (χ1) is 12.2. The number of aliphatic hydroxyl groups excluding tert-OH is 1. The number of rotatable bonds is 3. The average molecular weight is 331 g/mol. The number of anilines is 1. The molecule has 0 amide bonds. The van der Waals surface area contributed by atoms with Crippen LogP contribution in [-0.2, 0) is 7.05 Å². The van der Waals surface area contributed by atoms with Crippen molar-refractivity contribution in [2.75, 3.05) is 4.90 Å². The second-order valence-electron chi connectivity index (χ2n) is 5.75. The molecule has 1 aliphatic heterocycles. The molecule has 0 radical (unpaired) electrons. The van der Waals surface area contributed by atoms with Gasteiger partial charge in [-0.2, -0.15) is 0 Å². The van der Waals surface area contributed by atoms with E-state index in [1.807, 2.05) is 72.3 Å². The molecule has 2 heterocycles. The molecule has 0 saturated heterocycles. The average Bonchev–Trinajstić information content (AvgIpc) is 3.08. The predicted octanol–water partition coefficient (Wildman–Crippen LogP) is 2.69. The highest BCUT2D eigenvalue weighted by molar-refractivity contribution is 5.93. The zero-order chi connectivity index (χ0) is 17.2.